The van der Waals surface area contributed by atoms with E-state index in [1.165, 1.54) is 23.8 Å². The zero-order valence-corrected chi connectivity index (χ0v) is 11.3. The molecule has 2 aromatic rings. The number of anilines is 1. The fourth-order valence-electron chi connectivity index (χ4n) is 2.07. The monoisotopic (exact) mass is 263 g/mol. The van der Waals surface area contributed by atoms with E-state index in [1.807, 2.05) is 0 Å². The van der Waals surface area contributed by atoms with Crippen LogP contribution >= 0.6 is 0 Å². The lowest BCUT2D eigenvalue weighted by atomic mass is 10.2. The summed E-state index contributed by atoms with van der Waals surface area (Å²) in [6.45, 7) is 3.48. The minimum absolute atomic E-state index is 0.107. The Morgan fingerprint density at radius 3 is 3.05 bits per heavy atom. The van der Waals surface area contributed by atoms with E-state index in [2.05, 4.69) is 22.2 Å². The summed E-state index contributed by atoms with van der Waals surface area (Å²) >= 11 is 0. The Morgan fingerprint density at radius 2 is 2.26 bits per heavy atom. The fraction of sp³-hybridized carbons (Fsp3) is 0.538. The minimum Gasteiger partial charge on any atom is -0.369 e. The molecular formula is C13H21N5O. The van der Waals surface area contributed by atoms with Crippen molar-refractivity contribution in [2.75, 3.05) is 12.3 Å². The molecule has 0 aliphatic carbocycles. The number of nitrogens with one attached hydrogen (secondary N) is 2. The molecule has 2 heterocycles. The molecule has 0 saturated carbocycles. The number of nitrogens with two attached hydrogens (primary N) is 1. The summed E-state index contributed by atoms with van der Waals surface area (Å²) in [5, 5.41) is 3.80. The lowest BCUT2D eigenvalue weighted by Gasteiger charge is -2.10. The lowest BCUT2D eigenvalue weighted by Crippen LogP contribution is -2.31. The summed E-state index contributed by atoms with van der Waals surface area (Å²) in [7, 11) is 0. The van der Waals surface area contributed by atoms with Gasteiger partial charge in [-0.25, -0.2) is 0 Å². The summed E-state index contributed by atoms with van der Waals surface area (Å²) in [5.41, 5.74) is 6.24. The van der Waals surface area contributed by atoms with Gasteiger partial charge in [0.05, 0.1) is 12.1 Å². The maximum atomic E-state index is 12.2. The van der Waals surface area contributed by atoms with Crippen molar-refractivity contribution in [2.45, 2.75) is 39.3 Å². The first-order valence-electron chi connectivity index (χ1n) is 6.78. The molecule has 0 atom stereocenters. The first-order chi connectivity index (χ1) is 9.24. The van der Waals surface area contributed by atoms with Crippen molar-refractivity contribution in [2.24, 2.45) is 0 Å². The summed E-state index contributed by atoms with van der Waals surface area (Å²) in [4.78, 5) is 19.2. The van der Waals surface area contributed by atoms with Crippen molar-refractivity contribution in [3.8, 4) is 0 Å². The largest absolute Gasteiger partial charge is 0.369 e. The molecule has 0 aromatic carbocycles. The predicted octanol–water partition coefficient (Wildman–Crippen LogP) is 1.43. The SMILES string of the molecule is CCCCCCNCn1c(N)nc2[nH]ccc2c1=O. The van der Waals surface area contributed by atoms with Gasteiger partial charge >= 0.3 is 0 Å². The van der Waals surface area contributed by atoms with Crippen LogP contribution in [0.1, 0.15) is 32.6 Å². The predicted molar refractivity (Wildman–Crippen MR) is 76.9 cm³/mol. The Kier molecular flexibility index (Phi) is 4.57. The van der Waals surface area contributed by atoms with Crippen LogP contribution in [0, 0.1) is 0 Å². The molecule has 0 fully saturated rings. The standard InChI is InChI=1S/C13H21N5O/c1-2-3-4-5-7-15-9-18-12(19)10-6-8-16-11(10)17-13(18)14/h6,8,15-16H,2-5,7,9H2,1H3,(H2,14,17). The molecule has 0 unspecified atom stereocenters. The Morgan fingerprint density at radius 1 is 1.42 bits per heavy atom. The quantitative estimate of drug-likeness (QED) is 0.659. The summed E-state index contributed by atoms with van der Waals surface area (Å²) in [6.07, 6.45) is 6.49. The zero-order chi connectivity index (χ0) is 13.7. The summed E-state index contributed by atoms with van der Waals surface area (Å²) in [5.74, 6) is 0.237. The highest BCUT2D eigenvalue weighted by molar-refractivity contribution is 5.75. The van der Waals surface area contributed by atoms with Gasteiger partial charge in [-0.3, -0.25) is 14.7 Å². The number of hydrogen-bond acceptors (Lipinski definition) is 4. The van der Waals surface area contributed by atoms with Gasteiger partial charge in [0.15, 0.2) is 0 Å². The smallest absolute Gasteiger partial charge is 0.265 e. The molecule has 0 aliphatic heterocycles. The van der Waals surface area contributed by atoms with Gasteiger partial charge in [-0.05, 0) is 19.0 Å². The van der Waals surface area contributed by atoms with Crippen LogP contribution in [0.25, 0.3) is 11.0 Å². The molecule has 19 heavy (non-hydrogen) atoms. The van der Waals surface area contributed by atoms with Crippen LogP contribution in [0.3, 0.4) is 0 Å². The number of nitrogens with zero attached hydrogens (tertiary/aromatic N) is 2. The van der Waals surface area contributed by atoms with E-state index < -0.39 is 0 Å². The molecule has 0 bridgehead atoms. The zero-order valence-electron chi connectivity index (χ0n) is 11.3. The molecule has 4 N–H and O–H groups in total. The van der Waals surface area contributed by atoms with Crippen LogP contribution in [0.4, 0.5) is 5.95 Å². The first kappa shape index (κ1) is 13.6. The van der Waals surface area contributed by atoms with Gasteiger partial charge in [0, 0.05) is 6.20 Å². The van der Waals surface area contributed by atoms with Crippen LogP contribution in [0.2, 0.25) is 0 Å². The number of fused-ring (bicyclic) bond motifs is 1. The van der Waals surface area contributed by atoms with E-state index in [-0.39, 0.29) is 11.5 Å². The van der Waals surface area contributed by atoms with Crippen LogP contribution in [-0.4, -0.2) is 21.1 Å². The van der Waals surface area contributed by atoms with Gasteiger partial charge in [0.25, 0.3) is 5.56 Å². The number of rotatable bonds is 7. The Labute approximate surface area is 112 Å². The maximum Gasteiger partial charge on any atom is 0.265 e. The third kappa shape index (κ3) is 3.14. The van der Waals surface area contributed by atoms with Gasteiger partial charge in [-0.2, -0.15) is 4.98 Å². The molecule has 0 aliphatic rings. The van der Waals surface area contributed by atoms with Crippen molar-refractivity contribution in [1.82, 2.24) is 19.9 Å². The van der Waals surface area contributed by atoms with E-state index in [1.54, 1.807) is 12.3 Å². The minimum atomic E-state index is -0.107. The number of aromatic amines is 1. The molecule has 0 saturated heterocycles. The average Bonchev–Trinajstić information content (AvgIpc) is 2.85. The van der Waals surface area contributed by atoms with Crippen molar-refractivity contribution in [3.05, 3.63) is 22.6 Å². The Hall–Kier alpha value is -1.82. The van der Waals surface area contributed by atoms with Crippen molar-refractivity contribution < 1.29 is 0 Å². The third-order valence-electron chi connectivity index (χ3n) is 3.18. The van der Waals surface area contributed by atoms with Crippen LogP contribution in [0.15, 0.2) is 17.1 Å². The lowest BCUT2D eigenvalue weighted by molar-refractivity contribution is 0.521. The first-order valence-corrected chi connectivity index (χ1v) is 6.78. The van der Waals surface area contributed by atoms with Crippen molar-refractivity contribution >= 4 is 17.0 Å². The van der Waals surface area contributed by atoms with E-state index in [4.69, 9.17) is 5.73 Å². The molecular weight excluding hydrogens is 242 g/mol. The van der Waals surface area contributed by atoms with Gasteiger partial charge in [0.1, 0.15) is 5.65 Å². The van der Waals surface area contributed by atoms with Gasteiger partial charge < -0.3 is 10.7 Å². The normalized spacial score (nSPS) is 11.2. The van der Waals surface area contributed by atoms with Crippen LogP contribution < -0.4 is 16.6 Å². The van der Waals surface area contributed by atoms with Gasteiger partial charge in [0.2, 0.25) is 5.95 Å². The second-order valence-corrected chi connectivity index (χ2v) is 4.66. The van der Waals surface area contributed by atoms with E-state index in [9.17, 15) is 4.79 Å². The number of unbranched alkanes of at least 4 members (excludes halogenated alkanes) is 3. The molecule has 104 valence electrons. The van der Waals surface area contributed by atoms with Crippen LogP contribution in [-0.2, 0) is 6.67 Å². The number of nitrogen functional groups attached to an aromatic ring is 1. The highest BCUT2D eigenvalue weighted by Gasteiger charge is 2.08. The van der Waals surface area contributed by atoms with Crippen molar-refractivity contribution in [1.29, 1.82) is 0 Å². The average molecular weight is 263 g/mol. The van der Waals surface area contributed by atoms with Crippen LogP contribution in [0.5, 0.6) is 0 Å². The highest BCUT2D eigenvalue weighted by atomic mass is 16.1. The van der Waals surface area contributed by atoms with Gasteiger partial charge in [-0.15, -0.1) is 0 Å². The van der Waals surface area contributed by atoms with E-state index in [0.717, 1.165) is 13.0 Å². The Balaban J connectivity index is 1.98. The van der Waals surface area contributed by atoms with Crippen molar-refractivity contribution in [3.63, 3.8) is 0 Å². The maximum absolute atomic E-state index is 12.2. The molecule has 6 heteroatoms. The molecule has 0 spiro atoms. The van der Waals surface area contributed by atoms with E-state index in [0.29, 0.717) is 17.7 Å². The molecule has 6 nitrogen and oxygen atoms in total. The topological polar surface area (TPSA) is 88.7 Å². The number of hydrogen-bond donors (Lipinski definition) is 3. The van der Waals surface area contributed by atoms with E-state index >= 15 is 0 Å². The van der Waals surface area contributed by atoms with Gasteiger partial charge in [-0.1, -0.05) is 26.2 Å². The second-order valence-electron chi connectivity index (χ2n) is 4.66. The highest BCUT2D eigenvalue weighted by Crippen LogP contribution is 2.06. The molecule has 2 rings (SSSR count). The molecule has 0 amide bonds. The summed E-state index contributed by atoms with van der Waals surface area (Å²) < 4.78 is 1.47. The summed E-state index contributed by atoms with van der Waals surface area (Å²) in [6, 6.07) is 1.72. The Bertz CT molecular complexity index is 586. The molecule has 0 radical (unpaired) electrons. The fourth-order valence-corrected chi connectivity index (χ4v) is 2.07. The number of aromatic nitrogens is 3. The second kappa shape index (κ2) is 6.38. The number of H-pyrrole nitrogens is 1. The molecule has 2 aromatic heterocycles. The third-order valence-corrected chi connectivity index (χ3v) is 3.18.